The van der Waals surface area contributed by atoms with Gasteiger partial charge in [-0.3, -0.25) is 9.69 Å². The molecule has 1 aromatic rings. The standard InChI is InChI=1S/C16H24FN3O/c1-12-10-20(9-7-15(12)18)11-16(21)19-8-6-13-2-4-14(17)5-3-13/h2-5,12,15H,6-11,18H2,1H3,(H,19,21). The Morgan fingerprint density at radius 1 is 1.43 bits per heavy atom. The second-order valence-electron chi connectivity index (χ2n) is 5.89. The van der Waals surface area contributed by atoms with Gasteiger partial charge < -0.3 is 11.1 Å². The lowest BCUT2D eigenvalue weighted by molar-refractivity contribution is -0.122. The highest BCUT2D eigenvalue weighted by atomic mass is 19.1. The van der Waals surface area contributed by atoms with E-state index in [1.165, 1.54) is 12.1 Å². The van der Waals surface area contributed by atoms with Crippen LogP contribution in [0.3, 0.4) is 0 Å². The Hall–Kier alpha value is -1.46. The predicted molar refractivity (Wildman–Crippen MR) is 81.3 cm³/mol. The summed E-state index contributed by atoms with van der Waals surface area (Å²) in [5.74, 6) is 0.241. The fraction of sp³-hybridized carbons (Fsp3) is 0.562. The van der Waals surface area contributed by atoms with Gasteiger partial charge in [-0.1, -0.05) is 19.1 Å². The molecule has 1 fully saturated rings. The maximum Gasteiger partial charge on any atom is 0.234 e. The molecule has 1 amide bonds. The van der Waals surface area contributed by atoms with Gasteiger partial charge in [0.15, 0.2) is 0 Å². The molecule has 1 saturated heterocycles. The molecule has 0 saturated carbocycles. The van der Waals surface area contributed by atoms with Gasteiger partial charge in [0.1, 0.15) is 5.82 Å². The second-order valence-corrected chi connectivity index (χ2v) is 5.89. The predicted octanol–water partition coefficient (Wildman–Crippen LogP) is 1.15. The number of halogens is 1. The second kappa shape index (κ2) is 7.52. The first-order valence-electron chi connectivity index (χ1n) is 7.53. The molecule has 0 bridgehead atoms. The zero-order chi connectivity index (χ0) is 15.2. The monoisotopic (exact) mass is 293 g/mol. The molecule has 2 atom stereocenters. The number of rotatable bonds is 5. The summed E-state index contributed by atoms with van der Waals surface area (Å²) >= 11 is 0. The number of benzene rings is 1. The van der Waals surface area contributed by atoms with E-state index in [0.717, 1.165) is 25.1 Å². The van der Waals surface area contributed by atoms with Crippen molar-refractivity contribution in [3.63, 3.8) is 0 Å². The largest absolute Gasteiger partial charge is 0.355 e. The molecule has 21 heavy (non-hydrogen) atoms. The van der Waals surface area contributed by atoms with Gasteiger partial charge in [0.05, 0.1) is 6.54 Å². The zero-order valence-electron chi connectivity index (χ0n) is 12.5. The number of carbonyl (C=O) groups excluding carboxylic acids is 1. The summed E-state index contributed by atoms with van der Waals surface area (Å²) in [4.78, 5) is 14.1. The van der Waals surface area contributed by atoms with E-state index < -0.39 is 0 Å². The van der Waals surface area contributed by atoms with Crippen molar-refractivity contribution in [1.82, 2.24) is 10.2 Å². The lowest BCUT2D eigenvalue weighted by Gasteiger charge is -2.34. The Balaban J connectivity index is 1.67. The molecule has 5 heteroatoms. The maximum atomic E-state index is 12.8. The Morgan fingerprint density at radius 2 is 2.14 bits per heavy atom. The molecule has 2 unspecified atom stereocenters. The first kappa shape index (κ1) is 15.9. The molecular formula is C16H24FN3O. The lowest BCUT2D eigenvalue weighted by atomic mass is 9.95. The van der Waals surface area contributed by atoms with E-state index >= 15 is 0 Å². The minimum Gasteiger partial charge on any atom is -0.355 e. The van der Waals surface area contributed by atoms with E-state index in [4.69, 9.17) is 5.73 Å². The number of nitrogens with one attached hydrogen (secondary N) is 1. The average molecular weight is 293 g/mol. The zero-order valence-corrected chi connectivity index (χ0v) is 12.5. The third-order valence-electron chi connectivity index (χ3n) is 4.07. The van der Waals surface area contributed by atoms with E-state index in [2.05, 4.69) is 17.1 Å². The highest BCUT2D eigenvalue weighted by Crippen LogP contribution is 2.14. The van der Waals surface area contributed by atoms with Gasteiger partial charge in [0, 0.05) is 25.7 Å². The van der Waals surface area contributed by atoms with Crippen molar-refractivity contribution in [3.8, 4) is 0 Å². The van der Waals surface area contributed by atoms with Crippen LogP contribution in [0.4, 0.5) is 4.39 Å². The van der Waals surface area contributed by atoms with Gasteiger partial charge in [-0.05, 0) is 36.5 Å². The third-order valence-corrected chi connectivity index (χ3v) is 4.07. The molecule has 2 rings (SSSR count). The number of nitrogens with zero attached hydrogens (tertiary/aromatic N) is 1. The Kier molecular flexibility index (Phi) is 5.70. The fourth-order valence-corrected chi connectivity index (χ4v) is 2.65. The van der Waals surface area contributed by atoms with Crippen molar-refractivity contribution in [2.75, 3.05) is 26.2 Å². The normalized spacial score (nSPS) is 23.0. The number of likely N-dealkylation sites (tertiary alicyclic amines) is 1. The number of piperidine rings is 1. The topological polar surface area (TPSA) is 58.4 Å². The number of amides is 1. The molecule has 1 aliphatic heterocycles. The lowest BCUT2D eigenvalue weighted by Crippen LogP contribution is -2.49. The average Bonchev–Trinajstić information content (AvgIpc) is 2.45. The quantitative estimate of drug-likeness (QED) is 0.856. The number of hydrogen-bond acceptors (Lipinski definition) is 3. The molecule has 0 spiro atoms. The van der Waals surface area contributed by atoms with Crippen LogP contribution in [0.1, 0.15) is 18.9 Å². The van der Waals surface area contributed by atoms with Crippen molar-refractivity contribution in [2.24, 2.45) is 11.7 Å². The molecule has 116 valence electrons. The summed E-state index contributed by atoms with van der Waals surface area (Å²) in [6.07, 6.45) is 1.66. The summed E-state index contributed by atoms with van der Waals surface area (Å²) in [5.41, 5.74) is 7.00. The van der Waals surface area contributed by atoms with Crippen LogP contribution in [0, 0.1) is 11.7 Å². The van der Waals surface area contributed by atoms with Gasteiger partial charge in [-0.2, -0.15) is 0 Å². The van der Waals surface area contributed by atoms with Gasteiger partial charge >= 0.3 is 0 Å². The molecule has 1 heterocycles. The highest BCUT2D eigenvalue weighted by Gasteiger charge is 2.24. The summed E-state index contributed by atoms with van der Waals surface area (Å²) in [7, 11) is 0. The molecule has 3 N–H and O–H groups in total. The van der Waals surface area contributed by atoms with Crippen LogP contribution in [0.5, 0.6) is 0 Å². The number of nitrogens with two attached hydrogens (primary N) is 1. The molecule has 0 radical (unpaired) electrons. The van der Waals surface area contributed by atoms with Crippen molar-refractivity contribution in [1.29, 1.82) is 0 Å². The molecular weight excluding hydrogens is 269 g/mol. The van der Waals surface area contributed by atoms with Crippen LogP contribution in [0.25, 0.3) is 0 Å². The van der Waals surface area contributed by atoms with E-state index in [1.54, 1.807) is 12.1 Å². The van der Waals surface area contributed by atoms with E-state index in [1.807, 2.05) is 0 Å². The van der Waals surface area contributed by atoms with Gasteiger partial charge in [0.25, 0.3) is 0 Å². The van der Waals surface area contributed by atoms with Crippen LogP contribution >= 0.6 is 0 Å². The summed E-state index contributed by atoms with van der Waals surface area (Å²) in [6, 6.07) is 6.62. The molecule has 1 aliphatic rings. The van der Waals surface area contributed by atoms with Crippen LogP contribution < -0.4 is 11.1 Å². The Labute approximate surface area is 125 Å². The third kappa shape index (κ3) is 5.10. The Bertz CT molecular complexity index is 463. The fourth-order valence-electron chi connectivity index (χ4n) is 2.65. The van der Waals surface area contributed by atoms with Crippen LogP contribution in [0.2, 0.25) is 0 Å². The Morgan fingerprint density at radius 3 is 2.81 bits per heavy atom. The van der Waals surface area contributed by atoms with Crippen molar-refractivity contribution >= 4 is 5.91 Å². The van der Waals surface area contributed by atoms with Crippen molar-refractivity contribution in [3.05, 3.63) is 35.6 Å². The van der Waals surface area contributed by atoms with Crippen molar-refractivity contribution in [2.45, 2.75) is 25.8 Å². The van der Waals surface area contributed by atoms with E-state index in [9.17, 15) is 9.18 Å². The molecule has 0 aromatic heterocycles. The minimum atomic E-state index is -0.236. The van der Waals surface area contributed by atoms with Gasteiger partial charge in [-0.15, -0.1) is 0 Å². The smallest absolute Gasteiger partial charge is 0.234 e. The summed E-state index contributed by atoms with van der Waals surface area (Å²) in [5, 5.41) is 2.91. The minimum absolute atomic E-state index is 0.0415. The van der Waals surface area contributed by atoms with Crippen LogP contribution in [-0.4, -0.2) is 43.0 Å². The van der Waals surface area contributed by atoms with Crippen LogP contribution in [0.15, 0.2) is 24.3 Å². The first-order chi connectivity index (χ1) is 10.0. The summed E-state index contributed by atoms with van der Waals surface area (Å²) in [6.45, 7) is 4.90. The first-order valence-corrected chi connectivity index (χ1v) is 7.53. The van der Waals surface area contributed by atoms with E-state index in [-0.39, 0.29) is 17.8 Å². The van der Waals surface area contributed by atoms with Crippen molar-refractivity contribution < 1.29 is 9.18 Å². The number of hydrogen-bond donors (Lipinski definition) is 2. The molecule has 1 aromatic carbocycles. The van der Waals surface area contributed by atoms with Gasteiger partial charge in [-0.25, -0.2) is 4.39 Å². The highest BCUT2D eigenvalue weighted by molar-refractivity contribution is 5.78. The number of carbonyl (C=O) groups is 1. The SMILES string of the molecule is CC1CN(CC(=O)NCCc2ccc(F)cc2)CCC1N. The molecule has 4 nitrogen and oxygen atoms in total. The van der Waals surface area contributed by atoms with Crippen LogP contribution in [-0.2, 0) is 11.2 Å². The maximum absolute atomic E-state index is 12.8. The summed E-state index contributed by atoms with van der Waals surface area (Å²) < 4.78 is 12.8. The molecule has 0 aliphatic carbocycles. The van der Waals surface area contributed by atoms with E-state index in [0.29, 0.717) is 25.4 Å². The van der Waals surface area contributed by atoms with Gasteiger partial charge in [0.2, 0.25) is 5.91 Å².